The predicted octanol–water partition coefficient (Wildman–Crippen LogP) is 0.451. The first-order valence-electron chi connectivity index (χ1n) is 9.53. The van der Waals surface area contributed by atoms with Gasteiger partial charge in [-0.15, -0.1) is 0 Å². The Labute approximate surface area is 158 Å². The van der Waals surface area contributed by atoms with Crippen molar-refractivity contribution < 1.29 is 28.5 Å². The summed E-state index contributed by atoms with van der Waals surface area (Å²) in [6.07, 6.45) is 0.847. The highest BCUT2D eigenvalue weighted by molar-refractivity contribution is 5.78. The van der Waals surface area contributed by atoms with E-state index in [2.05, 4.69) is 10.6 Å². The lowest BCUT2D eigenvalue weighted by atomic mass is 10.1. The van der Waals surface area contributed by atoms with Gasteiger partial charge in [0.25, 0.3) is 0 Å². The molecule has 0 aliphatic heterocycles. The fraction of sp³-hybridized carbons (Fsp3) is 0.944. The van der Waals surface area contributed by atoms with Crippen molar-refractivity contribution >= 4 is 5.91 Å². The van der Waals surface area contributed by atoms with Gasteiger partial charge in [-0.3, -0.25) is 4.79 Å². The lowest BCUT2D eigenvalue weighted by molar-refractivity contribution is -0.124. The van der Waals surface area contributed by atoms with Crippen molar-refractivity contribution in [3.05, 3.63) is 0 Å². The summed E-state index contributed by atoms with van der Waals surface area (Å²) in [5, 5.41) is 5.85. The van der Waals surface area contributed by atoms with Crippen molar-refractivity contribution in [3.8, 4) is 0 Å². The van der Waals surface area contributed by atoms with Gasteiger partial charge in [-0.2, -0.15) is 0 Å². The summed E-state index contributed by atoms with van der Waals surface area (Å²) < 4.78 is 26.9. The molecule has 0 aliphatic rings. The first-order chi connectivity index (χ1) is 12.7. The summed E-state index contributed by atoms with van der Waals surface area (Å²) in [6.45, 7) is 10.9. The SMILES string of the molecule is CCC(C)C(=O)NCCOCCOCCOCCOCCOCCNC. The van der Waals surface area contributed by atoms with Crippen LogP contribution in [0.15, 0.2) is 0 Å². The Kier molecular flexibility index (Phi) is 19.9. The van der Waals surface area contributed by atoms with E-state index in [1.807, 2.05) is 20.9 Å². The van der Waals surface area contributed by atoms with Crippen LogP contribution < -0.4 is 10.6 Å². The smallest absolute Gasteiger partial charge is 0.222 e. The zero-order valence-corrected chi connectivity index (χ0v) is 16.7. The molecule has 0 radical (unpaired) electrons. The van der Waals surface area contributed by atoms with Crippen LogP contribution in [0.3, 0.4) is 0 Å². The molecule has 8 heteroatoms. The Morgan fingerprint density at radius 3 is 1.50 bits per heavy atom. The van der Waals surface area contributed by atoms with Gasteiger partial charge in [0.2, 0.25) is 5.91 Å². The number of carbonyl (C=O) groups is 1. The van der Waals surface area contributed by atoms with E-state index in [0.29, 0.717) is 72.6 Å². The average molecular weight is 379 g/mol. The molecular formula is C18H38N2O6. The minimum absolute atomic E-state index is 0.0559. The molecule has 8 nitrogen and oxygen atoms in total. The third kappa shape index (κ3) is 18.0. The molecule has 0 saturated carbocycles. The minimum Gasteiger partial charge on any atom is -0.378 e. The van der Waals surface area contributed by atoms with E-state index >= 15 is 0 Å². The molecule has 0 heterocycles. The number of nitrogens with one attached hydrogen (secondary N) is 2. The van der Waals surface area contributed by atoms with Crippen molar-refractivity contribution in [1.82, 2.24) is 10.6 Å². The van der Waals surface area contributed by atoms with E-state index in [1.54, 1.807) is 0 Å². The second-order valence-corrected chi connectivity index (χ2v) is 5.77. The fourth-order valence-corrected chi connectivity index (χ4v) is 1.76. The van der Waals surface area contributed by atoms with Crippen LogP contribution >= 0.6 is 0 Å². The summed E-state index contributed by atoms with van der Waals surface area (Å²) in [7, 11) is 1.89. The summed E-state index contributed by atoms with van der Waals surface area (Å²) in [5.74, 6) is 0.134. The Balaban J connectivity index is 3.08. The Morgan fingerprint density at radius 1 is 0.731 bits per heavy atom. The maximum Gasteiger partial charge on any atom is 0.222 e. The molecule has 0 bridgehead atoms. The van der Waals surface area contributed by atoms with E-state index in [-0.39, 0.29) is 11.8 Å². The van der Waals surface area contributed by atoms with Crippen LogP contribution in [0.2, 0.25) is 0 Å². The van der Waals surface area contributed by atoms with Crippen molar-refractivity contribution in [3.63, 3.8) is 0 Å². The van der Waals surface area contributed by atoms with Crippen LogP contribution in [-0.2, 0) is 28.5 Å². The van der Waals surface area contributed by atoms with E-state index in [9.17, 15) is 4.79 Å². The molecule has 0 spiro atoms. The van der Waals surface area contributed by atoms with Gasteiger partial charge in [-0.05, 0) is 13.5 Å². The Hall–Kier alpha value is -0.770. The number of hydrogen-bond donors (Lipinski definition) is 2. The highest BCUT2D eigenvalue weighted by Gasteiger charge is 2.08. The van der Waals surface area contributed by atoms with Crippen molar-refractivity contribution in [1.29, 1.82) is 0 Å². The molecule has 1 atom stereocenters. The summed E-state index contributed by atoms with van der Waals surface area (Å²) >= 11 is 0. The first-order valence-corrected chi connectivity index (χ1v) is 9.53. The number of ether oxygens (including phenoxy) is 5. The van der Waals surface area contributed by atoms with Crippen molar-refractivity contribution in [2.24, 2.45) is 5.92 Å². The van der Waals surface area contributed by atoms with E-state index in [0.717, 1.165) is 13.0 Å². The molecular weight excluding hydrogens is 340 g/mol. The molecule has 1 unspecified atom stereocenters. The Bertz CT molecular complexity index is 307. The number of rotatable bonds is 20. The molecule has 0 aromatic heterocycles. The highest BCUT2D eigenvalue weighted by Crippen LogP contribution is 1.98. The van der Waals surface area contributed by atoms with E-state index < -0.39 is 0 Å². The van der Waals surface area contributed by atoms with Gasteiger partial charge in [0.05, 0.1) is 66.1 Å². The third-order valence-corrected chi connectivity index (χ3v) is 3.59. The number of hydrogen-bond acceptors (Lipinski definition) is 7. The zero-order valence-electron chi connectivity index (χ0n) is 16.7. The fourth-order valence-electron chi connectivity index (χ4n) is 1.76. The molecule has 156 valence electrons. The van der Waals surface area contributed by atoms with Gasteiger partial charge in [0.15, 0.2) is 0 Å². The normalized spacial score (nSPS) is 12.3. The predicted molar refractivity (Wildman–Crippen MR) is 100 cm³/mol. The summed E-state index contributed by atoms with van der Waals surface area (Å²) in [6, 6.07) is 0. The molecule has 0 fully saturated rings. The van der Waals surface area contributed by atoms with Crippen molar-refractivity contribution in [2.45, 2.75) is 20.3 Å². The largest absolute Gasteiger partial charge is 0.378 e. The molecule has 0 saturated heterocycles. The van der Waals surface area contributed by atoms with E-state index in [1.165, 1.54) is 0 Å². The van der Waals surface area contributed by atoms with E-state index in [4.69, 9.17) is 23.7 Å². The topological polar surface area (TPSA) is 87.3 Å². The Morgan fingerprint density at radius 2 is 1.12 bits per heavy atom. The second kappa shape index (κ2) is 20.5. The summed E-state index contributed by atoms with van der Waals surface area (Å²) in [4.78, 5) is 11.5. The molecule has 0 aliphatic carbocycles. The number of carbonyl (C=O) groups excluding carboxylic acids is 1. The minimum atomic E-state index is 0.0559. The van der Waals surface area contributed by atoms with Gasteiger partial charge in [-0.25, -0.2) is 0 Å². The van der Waals surface area contributed by atoms with Crippen LogP contribution in [0, 0.1) is 5.92 Å². The third-order valence-electron chi connectivity index (χ3n) is 3.59. The standard InChI is InChI=1S/C18H38N2O6/c1-4-17(2)18(21)20-6-8-23-10-12-25-14-16-26-15-13-24-11-9-22-7-5-19-3/h17,19H,4-16H2,1-3H3,(H,20,21). The van der Waals surface area contributed by atoms with Crippen LogP contribution in [0.5, 0.6) is 0 Å². The maximum atomic E-state index is 11.5. The molecule has 0 rings (SSSR count). The van der Waals surface area contributed by atoms with Gasteiger partial charge in [0.1, 0.15) is 0 Å². The number of amides is 1. The quantitative estimate of drug-likeness (QED) is 0.298. The van der Waals surface area contributed by atoms with Crippen LogP contribution in [0.25, 0.3) is 0 Å². The molecule has 2 N–H and O–H groups in total. The molecule has 1 amide bonds. The maximum absolute atomic E-state index is 11.5. The second-order valence-electron chi connectivity index (χ2n) is 5.77. The van der Waals surface area contributed by atoms with Crippen LogP contribution in [0.4, 0.5) is 0 Å². The van der Waals surface area contributed by atoms with Crippen molar-refractivity contribution in [2.75, 3.05) is 86.2 Å². The average Bonchev–Trinajstić information content (AvgIpc) is 2.66. The monoisotopic (exact) mass is 378 g/mol. The highest BCUT2D eigenvalue weighted by atomic mass is 16.6. The van der Waals surface area contributed by atoms with Gasteiger partial charge < -0.3 is 34.3 Å². The van der Waals surface area contributed by atoms with Crippen LogP contribution in [0.1, 0.15) is 20.3 Å². The van der Waals surface area contributed by atoms with Gasteiger partial charge in [0, 0.05) is 19.0 Å². The van der Waals surface area contributed by atoms with Gasteiger partial charge in [-0.1, -0.05) is 13.8 Å². The lowest BCUT2D eigenvalue weighted by Gasteiger charge is -2.10. The summed E-state index contributed by atoms with van der Waals surface area (Å²) in [5.41, 5.74) is 0. The molecule has 26 heavy (non-hydrogen) atoms. The van der Waals surface area contributed by atoms with Gasteiger partial charge >= 0.3 is 0 Å². The van der Waals surface area contributed by atoms with Crippen LogP contribution in [-0.4, -0.2) is 92.1 Å². The number of likely N-dealkylation sites (N-methyl/N-ethyl adjacent to an activating group) is 1. The first kappa shape index (κ1) is 25.2. The molecule has 0 aromatic carbocycles. The molecule has 0 aromatic rings. The lowest BCUT2D eigenvalue weighted by Crippen LogP contribution is -2.31. The zero-order chi connectivity index (χ0) is 19.3.